The van der Waals surface area contributed by atoms with Crippen molar-refractivity contribution in [2.45, 2.75) is 25.8 Å². The summed E-state index contributed by atoms with van der Waals surface area (Å²) in [5, 5.41) is 18.9. The molecule has 1 aliphatic heterocycles. The van der Waals surface area contributed by atoms with Gasteiger partial charge in [0.05, 0.1) is 6.54 Å². The first-order valence-corrected chi connectivity index (χ1v) is 7.88. The average Bonchev–Trinajstić information content (AvgIpc) is 3.14. The van der Waals surface area contributed by atoms with Gasteiger partial charge in [-0.05, 0) is 37.1 Å². The molecule has 2 heterocycles. The molecule has 2 fully saturated rings. The van der Waals surface area contributed by atoms with Crippen molar-refractivity contribution < 1.29 is 19.2 Å². The minimum Gasteiger partial charge on any atom is -0.465 e. The summed E-state index contributed by atoms with van der Waals surface area (Å²) >= 11 is 0. The molecule has 2 amide bonds. The number of aromatic nitrogens is 1. The quantitative estimate of drug-likeness (QED) is 0.743. The lowest BCUT2D eigenvalue weighted by Gasteiger charge is -2.46. The number of nitrogens with zero attached hydrogens (tertiary/aromatic N) is 2. The summed E-state index contributed by atoms with van der Waals surface area (Å²) in [6, 6.07) is 1.48. The third kappa shape index (κ3) is 3.31. The van der Waals surface area contributed by atoms with Gasteiger partial charge in [-0.15, -0.1) is 0 Å². The standard InChI is InChI=1S/C15H22N4O4/c1-16-13(20)12-4-11(23-18-12)8-19(14(21)22)7-10-5-15(6-10)2-3-17-9-15/h4,10,17H,2-3,5-9H2,1H3,(H,16,20)(H,21,22). The normalized spacial score (nSPS) is 26.0. The van der Waals surface area contributed by atoms with E-state index < -0.39 is 6.09 Å². The molecular weight excluding hydrogens is 300 g/mol. The van der Waals surface area contributed by atoms with Crippen molar-refractivity contribution in [3.05, 3.63) is 17.5 Å². The molecule has 1 aromatic rings. The van der Waals surface area contributed by atoms with Gasteiger partial charge < -0.3 is 25.2 Å². The maximum absolute atomic E-state index is 11.5. The zero-order valence-corrected chi connectivity index (χ0v) is 13.2. The zero-order chi connectivity index (χ0) is 16.4. The third-order valence-electron chi connectivity index (χ3n) is 4.89. The number of carboxylic acid groups (broad SMARTS) is 1. The number of hydrogen-bond donors (Lipinski definition) is 3. The molecule has 0 bridgehead atoms. The lowest BCUT2D eigenvalue weighted by Crippen LogP contribution is -2.45. The highest BCUT2D eigenvalue weighted by Crippen LogP contribution is 2.49. The minimum atomic E-state index is -0.978. The van der Waals surface area contributed by atoms with Crippen LogP contribution in [0, 0.1) is 11.3 Å². The Morgan fingerprint density at radius 3 is 2.96 bits per heavy atom. The Bertz CT molecular complexity index is 586. The molecule has 23 heavy (non-hydrogen) atoms. The molecule has 0 atom stereocenters. The van der Waals surface area contributed by atoms with Crippen molar-refractivity contribution in [3.8, 4) is 0 Å². The number of nitrogens with one attached hydrogen (secondary N) is 2. The van der Waals surface area contributed by atoms with E-state index in [4.69, 9.17) is 4.52 Å². The molecular formula is C15H22N4O4. The first-order chi connectivity index (χ1) is 11.0. The fourth-order valence-corrected chi connectivity index (χ4v) is 3.77. The van der Waals surface area contributed by atoms with Crippen molar-refractivity contribution in [2.75, 3.05) is 26.7 Å². The second-order valence-corrected chi connectivity index (χ2v) is 6.62. The van der Waals surface area contributed by atoms with Crippen LogP contribution in [-0.4, -0.2) is 53.8 Å². The predicted octanol–water partition coefficient (Wildman–Crippen LogP) is 0.904. The Labute approximate surface area is 134 Å². The van der Waals surface area contributed by atoms with Crippen LogP contribution in [0.5, 0.6) is 0 Å². The van der Waals surface area contributed by atoms with Crippen LogP contribution >= 0.6 is 0 Å². The molecule has 1 saturated heterocycles. The maximum atomic E-state index is 11.5. The first kappa shape index (κ1) is 15.8. The lowest BCUT2D eigenvalue weighted by atomic mass is 9.61. The summed E-state index contributed by atoms with van der Waals surface area (Å²) in [5.41, 5.74) is 0.556. The van der Waals surface area contributed by atoms with Gasteiger partial charge in [-0.2, -0.15) is 0 Å². The van der Waals surface area contributed by atoms with Gasteiger partial charge in [0, 0.05) is 26.2 Å². The van der Waals surface area contributed by atoms with E-state index in [-0.39, 0.29) is 18.1 Å². The fourth-order valence-electron chi connectivity index (χ4n) is 3.77. The molecule has 8 heteroatoms. The largest absolute Gasteiger partial charge is 0.465 e. The molecule has 0 radical (unpaired) electrons. The molecule has 2 aliphatic rings. The zero-order valence-electron chi connectivity index (χ0n) is 13.2. The van der Waals surface area contributed by atoms with Crippen molar-refractivity contribution in [2.24, 2.45) is 11.3 Å². The van der Waals surface area contributed by atoms with Gasteiger partial charge in [-0.3, -0.25) is 4.79 Å². The molecule has 0 unspecified atom stereocenters. The van der Waals surface area contributed by atoms with E-state index >= 15 is 0 Å². The van der Waals surface area contributed by atoms with Gasteiger partial charge in [-0.1, -0.05) is 5.16 Å². The highest BCUT2D eigenvalue weighted by atomic mass is 16.5. The van der Waals surface area contributed by atoms with Gasteiger partial charge in [0.25, 0.3) is 5.91 Å². The highest BCUT2D eigenvalue weighted by Gasteiger charge is 2.46. The van der Waals surface area contributed by atoms with E-state index in [1.807, 2.05) is 0 Å². The number of hydrogen-bond acceptors (Lipinski definition) is 5. The highest BCUT2D eigenvalue weighted by molar-refractivity contribution is 5.91. The lowest BCUT2D eigenvalue weighted by molar-refractivity contribution is 0.0419. The number of amides is 2. The monoisotopic (exact) mass is 322 g/mol. The van der Waals surface area contributed by atoms with Crippen LogP contribution in [0.2, 0.25) is 0 Å². The smallest absolute Gasteiger partial charge is 0.407 e. The summed E-state index contributed by atoms with van der Waals surface area (Å²) in [7, 11) is 1.50. The van der Waals surface area contributed by atoms with Crippen molar-refractivity contribution in [3.63, 3.8) is 0 Å². The summed E-state index contributed by atoms with van der Waals surface area (Å²) < 4.78 is 5.07. The molecule has 3 rings (SSSR count). The van der Waals surface area contributed by atoms with E-state index in [1.54, 1.807) is 0 Å². The van der Waals surface area contributed by atoms with E-state index in [9.17, 15) is 14.7 Å². The first-order valence-electron chi connectivity index (χ1n) is 7.88. The third-order valence-corrected chi connectivity index (χ3v) is 4.89. The molecule has 126 valence electrons. The van der Waals surface area contributed by atoms with Gasteiger partial charge >= 0.3 is 6.09 Å². The second kappa shape index (κ2) is 6.19. The van der Waals surface area contributed by atoms with E-state index in [0.717, 1.165) is 25.9 Å². The Morgan fingerprint density at radius 2 is 2.35 bits per heavy atom. The summed E-state index contributed by atoms with van der Waals surface area (Å²) in [6.45, 7) is 2.72. The Morgan fingerprint density at radius 1 is 1.57 bits per heavy atom. The Hall–Kier alpha value is -2.09. The van der Waals surface area contributed by atoms with Crippen LogP contribution < -0.4 is 10.6 Å². The fraction of sp³-hybridized carbons (Fsp3) is 0.667. The molecule has 1 aromatic heterocycles. The predicted molar refractivity (Wildman–Crippen MR) is 81.0 cm³/mol. The Kier molecular flexibility index (Phi) is 4.25. The minimum absolute atomic E-state index is 0.112. The molecule has 1 saturated carbocycles. The van der Waals surface area contributed by atoms with Crippen LogP contribution in [-0.2, 0) is 6.54 Å². The van der Waals surface area contributed by atoms with Gasteiger partial charge in [0.15, 0.2) is 11.5 Å². The molecule has 0 aromatic carbocycles. The van der Waals surface area contributed by atoms with Crippen molar-refractivity contribution in [1.29, 1.82) is 0 Å². The molecule has 1 aliphatic carbocycles. The van der Waals surface area contributed by atoms with Crippen molar-refractivity contribution >= 4 is 12.0 Å². The number of rotatable bonds is 5. The van der Waals surface area contributed by atoms with Crippen LogP contribution in [0.1, 0.15) is 35.5 Å². The van der Waals surface area contributed by atoms with E-state index in [0.29, 0.717) is 23.6 Å². The number of carbonyl (C=O) groups is 2. The molecule has 8 nitrogen and oxygen atoms in total. The van der Waals surface area contributed by atoms with E-state index in [2.05, 4.69) is 15.8 Å². The number of carbonyl (C=O) groups excluding carboxylic acids is 1. The summed E-state index contributed by atoms with van der Waals surface area (Å²) in [6.07, 6.45) is 2.36. The summed E-state index contributed by atoms with van der Waals surface area (Å²) in [5.74, 6) is 0.423. The van der Waals surface area contributed by atoms with Crippen LogP contribution in [0.3, 0.4) is 0 Å². The molecule has 3 N–H and O–H groups in total. The van der Waals surface area contributed by atoms with Gasteiger partial charge in [-0.25, -0.2) is 4.79 Å². The van der Waals surface area contributed by atoms with Gasteiger partial charge in [0.1, 0.15) is 0 Å². The topological polar surface area (TPSA) is 108 Å². The van der Waals surface area contributed by atoms with Crippen LogP contribution in [0.4, 0.5) is 4.79 Å². The van der Waals surface area contributed by atoms with E-state index in [1.165, 1.54) is 24.4 Å². The van der Waals surface area contributed by atoms with Crippen molar-refractivity contribution in [1.82, 2.24) is 20.7 Å². The van der Waals surface area contributed by atoms with Crippen LogP contribution in [0.15, 0.2) is 10.6 Å². The average molecular weight is 322 g/mol. The Balaban J connectivity index is 1.56. The van der Waals surface area contributed by atoms with Crippen LogP contribution in [0.25, 0.3) is 0 Å². The second-order valence-electron chi connectivity index (χ2n) is 6.62. The SMILES string of the molecule is CNC(=O)c1cc(CN(CC2CC3(CCNC3)C2)C(=O)O)on1. The summed E-state index contributed by atoms with van der Waals surface area (Å²) in [4.78, 5) is 24.3. The van der Waals surface area contributed by atoms with Gasteiger partial charge in [0.2, 0.25) is 0 Å². The molecule has 1 spiro atoms. The maximum Gasteiger partial charge on any atom is 0.407 e.